The first-order valence-electron chi connectivity index (χ1n) is 6.39. The van der Waals surface area contributed by atoms with Crippen molar-refractivity contribution in [2.75, 3.05) is 5.32 Å². The number of thiophene rings is 1. The lowest BCUT2D eigenvalue weighted by molar-refractivity contribution is 0.101. The Morgan fingerprint density at radius 1 is 1.48 bits per heavy atom. The lowest BCUT2D eigenvalue weighted by atomic mass is 10.3. The molecule has 0 bridgehead atoms. The Kier molecular flexibility index (Phi) is 3.53. The van der Waals surface area contributed by atoms with Crippen LogP contribution in [0.1, 0.15) is 23.1 Å². The van der Waals surface area contributed by atoms with Gasteiger partial charge in [-0.05, 0) is 31.4 Å². The van der Waals surface area contributed by atoms with Crippen molar-refractivity contribution in [1.29, 1.82) is 0 Å². The van der Waals surface area contributed by atoms with Gasteiger partial charge in [0.05, 0.1) is 0 Å². The molecule has 0 unspecified atom stereocenters. The Balaban J connectivity index is 1.75. The first kappa shape index (κ1) is 13.5. The second-order valence-corrected chi connectivity index (χ2v) is 5.15. The standard InChI is InChI=1S/C13H13N5O2S/c1-3-18-8(2)6-10(17-18)11(19)14-13-16-15-12(20-13)9-4-5-21-7-9/h4-7H,3H2,1-2H3,(H,14,16,19). The minimum Gasteiger partial charge on any atom is -0.403 e. The smallest absolute Gasteiger partial charge is 0.322 e. The van der Waals surface area contributed by atoms with E-state index in [0.29, 0.717) is 18.1 Å². The van der Waals surface area contributed by atoms with Crippen molar-refractivity contribution in [1.82, 2.24) is 20.0 Å². The molecule has 0 aliphatic carbocycles. The number of rotatable bonds is 4. The number of nitrogens with zero attached hydrogens (tertiary/aromatic N) is 4. The maximum absolute atomic E-state index is 12.1. The van der Waals surface area contributed by atoms with Gasteiger partial charge in [0.2, 0.25) is 0 Å². The molecule has 0 aromatic carbocycles. The zero-order valence-electron chi connectivity index (χ0n) is 11.5. The van der Waals surface area contributed by atoms with Crippen LogP contribution in [0.3, 0.4) is 0 Å². The third-order valence-corrected chi connectivity index (χ3v) is 3.61. The molecule has 0 aliphatic heterocycles. The van der Waals surface area contributed by atoms with Gasteiger partial charge in [-0.25, -0.2) is 0 Å². The van der Waals surface area contributed by atoms with E-state index in [2.05, 4.69) is 20.6 Å². The molecule has 8 heteroatoms. The molecule has 108 valence electrons. The van der Waals surface area contributed by atoms with Crippen LogP contribution in [0.25, 0.3) is 11.5 Å². The summed E-state index contributed by atoms with van der Waals surface area (Å²) in [7, 11) is 0. The van der Waals surface area contributed by atoms with E-state index < -0.39 is 0 Å². The summed E-state index contributed by atoms with van der Waals surface area (Å²) in [6.45, 7) is 4.57. The summed E-state index contributed by atoms with van der Waals surface area (Å²) in [5.74, 6) is 0.00707. The monoisotopic (exact) mass is 303 g/mol. The second-order valence-electron chi connectivity index (χ2n) is 4.37. The minimum absolute atomic E-state index is 0.0601. The molecule has 0 fully saturated rings. The van der Waals surface area contributed by atoms with Crippen LogP contribution in [0.2, 0.25) is 0 Å². The summed E-state index contributed by atoms with van der Waals surface area (Å²) in [4.78, 5) is 12.1. The predicted molar refractivity (Wildman–Crippen MR) is 78.2 cm³/mol. The SMILES string of the molecule is CCn1nc(C(=O)Nc2nnc(-c3ccsc3)o2)cc1C. The first-order chi connectivity index (χ1) is 10.2. The van der Waals surface area contributed by atoms with E-state index in [4.69, 9.17) is 4.42 Å². The van der Waals surface area contributed by atoms with Crippen molar-refractivity contribution in [2.45, 2.75) is 20.4 Å². The molecule has 0 spiro atoms. The predicted octanol–water partition coefficient (Wildman–Crippen LogP) is 2.58. The number of carbonyl (C=O) groups is 1. The quantitative estimate of drug-likeness (QED) is 0.800. The van der Waals surface area contributed by atoms with E-state index in [1.807, 2.05) is 30.7 Å². The zero-order chi connectivity index (χ0) is 14.8. The van der Waals surface area contributed by atoms with Gasteiger partial charge in [0.1, 0.15) is 0 Å². The molecule has 3 aromatic heterocycles. The fourth-order valence-corrected chi connectivity index (χ4v) is 2.51. The van der Waals surface area contributed by atoms with Crippen molar-refractivity contribution in [2.24, 2.45) is 0 Å². The van der Waals surface area contributed by atoms with Crippen molar-refractivity contribution in [3.05, 3.63) is 34.3 Å². The van der Waals surface area contributed by atoms with Crippen molar-refractivity contribution >= 4 is 23.3 Å². The minimum atomic E-state index is -0.370. The van der Waals surface area contributed by atoms with Crippen molar-refractivity contribution in [3.63, 3.8) is 0 Å². The Bertz CT molecular complexity index is 759. The lowest BCUT2D eigenvalue weighted by Gasteiger charge is -1.97. The highest BCUT2D eigenvalue weighted by Gasteiger charge is 2.16. The summed E-state index contributed by atoms with van der Waals surface area (Å²) in [6.07, 6.45) is 0. The van der Waals surface area contributed by atoms with Crippen molar-refractivity contribution < 1.29 is 9.21 Å². The molecule has 3 aromatic rings. The van der Waals surface area contributed by atoms with E-state index in [1.54, 1.807) is 10.7 Å². The van der Waals surface area contributed by atoms with Crippen LogP contribution in [0, 0.1) is 6.92 Å². The number of carbonyl (C=O) groups excluding carboxylic acids is 1. The lowest BCUT2D eigenvalue weighted by Crippen LogP contribution is -2.13. The average molecular weight is 303 g/mol. The van der Waals surface area contributed by atoms with Crippen LogP contribution < -0.4 is 5.32 Å². The van der Waals surface area contributed by atoms with Gasteiger partial charge in [0.15, 0.2) is 5.69 Å². The number of anilines is 1. The second kappa shape index (κ2) is 5.49. The van der Waals surface area contributed by atoms with E-state index in [-0.39, 0.29) is 11.9 Å². The van der Waals surface area contributed by atoms with E-state index in [9.17, 15) is 4.79 Å². The molecule has 1 amide bonds. The fourth-order valence-electron chi connectivity index (χ4n) is 1.88. The maximum Gasteiger partial charge on any atom is 0.322 e. The van der Waals surface area contributed by atoms with Gasteiger partial charge in [-0.3, -0.25) is 14.8 Å². The Hall–Kier alpha value is -2.48. The Morgan fingerprint density at radius 2 is 2.33 bits per heavy atom. The third-order valence-electron chi connectivity index (χ3n) is 2.93. The van der Waals surface area contributed by atoms with Gasteiger partial charge in [0, 0.05) is 23.2 Å². The van der Waals surface area contributed by atoms with Gasteiger partial charge >= 0.3 is 6.01 Å². The maximum atomic E-state index is 12.1. The van der Waals surface area contributed by atoms with Gasteiger partial charge < -0.3 is 4.42 Å². The summed E-state index contributed by atoms with van der Waals surface area (Å²) in [5, 5.41) is 18.3. The van der Waals surface area contributed by atoms with Crippen LogP contribution in [0.4, 0.5) is 6.01 Å². The molecular weight excluding hydrogens is 290 g/mol. The summed E-state index contributed by atoms with van der Waals surface area (Å²) < 4.78 is 7.15. The third kappa shape index (κ3) is 2.70. The molecule has 7 nitrogen and oxygen atoms in total. The normalized spacial score (nSPS) is 10.8. The molecule has 3 rings (SSSR count). The highest BCUT2D eigenvalue weighted by atomic mass is 32.1. The summed E-state index contributed by atoms with van der Waals surface area (Å²) in [5.41, 5.74) is 2.08. The van der Waals surface area contributed by atoms with E-state index in [0.717, 1.165) is 11.3 Å². The molecule has 0 saturated carbocycles. The van der Waals surface area contributed by atoms with Crippen LogP contribution >= 0.6 is 11.3 Å². The molecule has 0 aliphatic rings. The molecule has 0 saturated heterocycles. The Labute approximate surface area is 124 Å². The number of hydrogen-bond acceptors (Lipinski definition) is 6. The summed E-state index contributed by atoms with van der Waals surface area (Å²) >= 11 is 1.53. The molecule has 0 atom stereocenters. The Morgan fingerprint density at radius 3 is 3.00 bits per heavy atom. The zero-order valence-corrected chi connectivity index (χ0v) is 12.3. The molecule has 1 N–H and O–H groups in total. The number of hydrogen-bond donors (Lipinski definition) is 1. The average Bonchev–Trinajstić information content (AvgIpc) is 3.17. The first-order valence-corrected chi connectivity index (χ1v) is 7.33. The van der Waals surface area contributed by atoms with Gasteiger partial charge in [-0.2, -0.15) is 16.4 Å². The fraction of sp³-hybridized carbons (Fsp3) is 0.231. The van der Waals surface area contributed by atoms with Crippen LogP contribution in [-0.2, 0) is 6.54 Å². The van der Waals surface area contributed by atoms with E-state index in [1.165, 1.54) is 11.3 Å². The highest BCUT2D eigenvalue weighted by molar-refractivity contribution is 7.08. The largest absolute Gasteiger partial charge is 0.403 e. The molecule has 0 radical (unpaired) electrons. The number of amides is 1. The topological polar surface area (TPSA) is 85.8 Å². The number of aromatic nitrogens is 4. The molecule has 21 heavy (non-hydrogen) atoms. The molecule has 3 heterocycles. The number of nitrogens with one attached hydrogen (secondary N) is 1. The van der Waals surface area contributed by atoms with Gasteiger partial charge in [0.25, 0.3) is 11.8 Å². The molecular formula is C13H13N5O2S. The van der Waals surface area contributed by atoms with Crippen LogP contribution in [0.15, 0.2) is 27.3 Å². The van der Waals surface area contributed by atoms with Crippen LogP contribution in [0.5, 0.6) is 0 Å². The van der Waals surface area contributed by atoms with E-state index >= 15 is 0 Å². The summed E-state index contributed by atoms with van der Waals surface area (Å²) in [6, 6.07) is 3.65. The number of aryl methyl sites for hydroxylation is 2. The van der Waals surface area contributed by atoms with Gasteiger partial charge in [-0.15, -0.1) is 5.10 Å². The highest BCUT2D eigenvalue weighted by Crippen LogP contribution is 2.22. The van der Waals surface area contributed by atoms with Crippen LogP contribution in [-0.4, -0.2) is 25.9 Å². The van der Waals surface area contributed by atoms with Crippen molar-refractivity contribution in [3.8, 4) is 11.5 Å². The van der Waals surface area contributed by atoms with Gasteiger partial charge in [-0.1, -0.05) is 5.10 Å².